The number of benzene rings is 1. The van der Waals surface area contributed by atoms with Gasteiger partial charge in [0.05, 0.1) is 12.8 Å². The van der Waals surface area contributed by atoms with E-state index in [4.69, 9.17) is 18.0 Å². The van der Waals surface area contributed by atoms with E-state index in [2.05, 4.69) is 30.7 Å². The Labute approximate surface area is 122 Å². The predicted molar refractivity (Wildman–Crippen MR) is 76.3 cm³/mol. The Morgan fingerprint density at radius 1 is 1.53 bits per heavy atom. The number of aromatic nitrogens is 3. The number of esters is 1. The lowest BCUT2D eigenvalue weighted by atomic mass is 10.2. The van der Waals surface area contributed by atoms with E-state index in [0.717, 1.165) is 10.0 Å². The Balaban J connectivity index is 2.39. The molecule has 0 unspecified atom stereocenters. The lowest BCUT2D eigenvalue weighted by Gasteiger charge is -2.05. The molecule has 2 aromatic rings. The number of nitrogens with two attached hydrogens (primary N) is 1. The molecule has 0 bridgehead atoms. The van der Waals surface area contributed by atoms with Gasteiger partial charge in [-0.1, -0.05) is 12.2 Å². The van der Waals surface area contributed by atoms with Crippen LogP contribution in [-0.4, -0.2) is 32.8 Å². The minimum Gasteiger partial charge on any atom is -0.463 e. The van der Waals surface area contributed by atoms with Crippen LogP contribution in [0, 0.1) is 0 Å². The van der Waals surface area contributed by atoms with Crippen molar-refractivity contribution in [2.75, 3.05) is 7.11 Å². The highest BCUT2D eigenvalue weighted by Gasteiger charge is 2.13. The van der Waals surface area contributed by atoms with Gasteiger partial charge in [0, 0.05) is 10.0 Å². The Kier molecular flexibility index (Phi) is 3.91. The van der Waals surface area contributed by atoms with Gasteiger partial charge in [-0.05, 0) is 34.1 Å². The second kappa shape index (κ2) is 5.45. The van der Waals surface area contributed by atoms with Gasteiger partial charge in [0.15, 0.2) is 0 Å². The van der Waals surface area contributed by atoms with Crippen LogP contribution in [0.1, 0.15) is 16.2 Å². The molecule has 98 valence electrons. The highest BCUT2D eigenvalue weighted by Crippen LogP contribution is 2.22. The third kappa shape index (κ3) is 2.79. The van der Waals surface area contributed by atoms with Crippen LogP contribution >= 0.6 is 28.1 Å². The summed E-state index contributed by atoms with van der Waals surface area (Å²) >= 11 is 8.29. The maximum atomic E-state index is 11.3. The summed E-state index contributed by atoms with van der Waals surface area (Å²) in [5.74, 6) is -0.595. The first kappa shape index (κ1) is 13.6. The Morgan fingerprint density at radius 2 is 2.26 bits per heavy atom. The van der Waals surface area contributed by atoms with Crippen LogP contribution in [0.3, 0.4) is 0 Å². The van der Waals surface area contributed by atoms with Crippen LogP contribution < -0.4 is 5.73 Å². The van der Waals surface area contributed by atoms with Gasteiger partial charge in [0.25, 0.3) is 5.82 Å². The second-order valence-corrected chi connectivity index (χ2v) is 4.83. The van der Waals surface area contributed by atoms with Crippen molar-refractivity contribution in [1.82, 2.24) is 14.8 Å². The van der Waals surface area contributed by atoms with Crippen molar-refractivity contribution in [2.45, 2.75) is 0 Å². The number of ether oxygens (including phenoxy) is 1. The largest absolute Gasteiger partial charge is 0.463 e. The molecule has 1 aromatic heterocycles. The Hall–Kier alpha value is -1.80. The molecular formula is C11H9BrN4O2S. The van der Waals surface area contributed by atoms with Gasteiger partial charge < -0.3 is 10.5 Å². The zero-order valence-electron chi connectivity index (χ0n) is 9.83. The first-order chi connectivity index (χ1) is 9.02. The van der Waals surface area contributed by atoms with Crippen LogP contribution in [0.4, 0.5) is 0 Å². The number of hydrogen-bond donors (Lipinski definition) is 1. The number of rotatable bonds is 3. The maximum Gasteiger partial charge on any atom is 0.377 e. The van der Waals surface area contributed by atoms with E-state index in [-0.39, 0.29) is 5.82 Å². The van der Waals surface area contributed by atoms with Gasteiger partial charge >= 0.3 is 5.97 Å². The molecule has 1 heterocycles. The highest BCUT2D eigenvalue weighted by atomic mass is 79.9. The molecular weight excluding hydrogens is 332 g/mol. The molecule has 0 aliphatic rings. The van der Waals surface area contributed by atoms with Crippen molar-refractivity contribution in [1.29, 1.82) is 0 Å². The molecule has 0 saturated heterocycles. The maximum absolute atomic E-state index is 11.3. The zero-order valence-corrected chi connectivity index (χ0v) is 12.2. The molecule has 0 aliphatic carbocycles. The molecule has 1 aromatic carbocycles. The van der Waals surface area contributed by atoms with Gasteiger partial charge in [-0.3, -0.25) is 0 Å². The predicted octanol–water partition coefficient (Wildman–Crippen LogP) is 1.45. The molecule has 0 radical (unpaired) electrons. The third-order valence-corrected chi connectivity index (χ3v) is 3.21. The number of carbonyl (C=O) groups excluding carboxylic acids is 1. The number of methoxy groups -OCH3 is 1. The molecule has 0 saturated carbocycles. The van der Waals surface area contributed by atoms with Gasteiger partial charge in [-0.15, -0.1) is 5.10 Å². The van der Waals surface area contributed by atoms with Crippen molar-refractivity contribution >= 4 is 39.1 Å². The number of hydrogen-bond acceptors (Lipinski definition) is 5. The van der Waals surface area contributed by atoms with E-state index in [1.165, 1.54) is 18.1 Å². The summed E-state index contributed by atoms with van der Waals surface area (Å²) in [6.07, 6.45) is 1.42. The van der Waals surface area contributed by atoms with Gasteiger partial charge in [0.2, 0.25) is 0 Å². The highest BCUT2D eigenvalue weighted by molar-refractivity contribution is 9.10. The molecule has 0 aliphatic heterocycles. The Morgan fingerprint density at radius 3 is 2.84 bits per heavy atom. The van der Waals surface area contributed by atoms with E-state index in [0.29, 0.717) is 10.7 Å². The van der Waals surface area contributed by atoms with Crippen molar-refractivity contribution in [3.8, 4) is 5.69 Å². The van der Waals surface area contributed by atoms with Crippen LogP contribution in [-0.2, 0) is 4.74 Å². The summed E-state index contributed by atoms with van der Waals surface area (Å²) in [4.78, 5) is 15.5. The first-order valence-electron chi connectivity index (χ1n) is 5.12. The van der Waals surface area contributed by atoms with Gasteiger partial charge in [-0.2, -0.15) is 0 Å². The van der Waals surface area contributed by atoms with Crippen LogP contribution in [0.2, 0.25) is 0 Å². The fourth-order valence-corrected chi connectivity index (χ4v) is 2.10. The van der Waals surface area contributed by atoms with Crippen LogP contribution in [0.25, 0.3) is 5.69 Å². The topological polar surface area (TPSA) is 83.0 Å². The monoisotopic (exact) mass is 340 g/mol. The second-order valence-electron chi connectivity index (χ2n) is 3.53. The summed E-state index contributed by atoms with van der Waals surface area (Å²) in [6.45, 7) is 0. The molecule has 6 nitrogen and oxygen atoms in total. The molecule has 8 heteroatoms. The van der Waals surface area contributed by atoms with E-state index in [1.54, 1.807) is 18.2 Å². The van der Waals surface area contributed by atoms with Crippen molar-refractivity contribution in [3.05, 3.63) is 40.4 Å². The SMILES string of the molecule is COC(=O)c1ncn(-c2ccc(C(N)=S)cc2Br)n1. The lowest BCUT2D eigenvalue weighted by Crippen LogP contribution is -2.10. The average Bonchev–Trinajstić information content (AvgIpc) is 2.87. The molecule has 2 N–H and O–H groups in total. The average molecular weight is 341 g/mol. The van der Waals surface area contributed by atoms with Crippen LogP contribution in [0.15, 0.2) is 29.0 Å². The molecule has 2 rings (SSSR count). The van der Waals surface area contributed by atoms with Crippen molar-refractivity contribution in [3.63, 3.8) is 0 Å². The third-order valence-electron chi connectivity index (χ3n) is 2.34. The smallest absolute Gasteiger partial charge is 0.377 e. The van der Waals surface area contributed by atoms with Crippen molar-refractivity contribution < 1.29 is 9.53 Å². The minimum absolute atomic E-state index is 0.00665. The van der Waals surface area contributed by atoms with E-state index >= 15 is 0 Å². The van der Waals surface area contributed by atoms with E-state index < -0.39 is 5.97 Å². The summed E-state index contributed by atoms with van der Waals surface area (Å²) in [6, 6.07) is 5.31. The summed E-state index contributed by atoms with van der Waals surface area (Å²) < 4.78 is 6.74. The molecule has 0 spiro atoms. The zero-order chi connectivity index (χ0) is 14.0. The minimum atomic E-state index is -0.588. The molecule has 0 amide bonds. The standard InChI is InChI=1S/C11H9BrN4O2S/c1-18-11(17)10-14-5-16(15-10)8-3-2-6(9(13)19)4-7(8)12/h2-5H,1H3,(H2,13,19). The number of nitrogens with zero attached hydrogens (tertiary/aromatic N) is 3. The van der Waals surface area contributed by atoms with Crippen LogP contribution in [0.5, 0.6) is 0 Å². The number of carbonyl (C=O) groups is 1. The number of thiocarbonyl (C=S) groups is 1. The summed E-state index contributed by atoms with van der Waals surface area (Å²) in [7, 11) is 1.27. The normalized spacial score (nSPS) is 10.2. The Bertz CT molecular complexity index is 656. The fourth-order valence-electron chi connectivity index (χ4n) is 1.41. The quantitative estimate of drug-likeness (QED) is 0.672. The first-order valence-corrected chi connectivity index (χ1v) is 6.32. The van der Waals surface area contributed by atoms with E-state index in [9.17, 15) is 4.79 Å². The van der Waals surface area contributed by atoms with Crippen molar-refractivity contribution in [2.24, 2.45) is 5.73 Å². The summed E-state index contributed by atoms with van der Waals surface area (Å²) in [5.41, 5.74) is 6.99. The molecule has 0 atom stereocenters. The fraction of sp³-hybridized carbons (Fsp3) is 0.0909. The lowest BCUT2D eigenvalue weighted by molar-refractivity contribution is 0.0587. The molecule has 19 heavy (non-hydrogen) atoms. The molecule has 0 fully saturated rings. The number of halogens is 1. The van der Waals surface area contributed by atoms with Gasteiger partial charge in [0.1, 0.15) is 11.3 Å². The van der Waals surface area contributed by atoms with Gasteiger partial charge in [-0.25, -0.2) is 14.5 Å². The van der Waals surface area contributed by atoms with E-state index in [1.807, 2.05) is 0 Å². The summed E-state index contributed by atoms with van der Waals surface area (Å²) in [5, 5.41) is 4.02.